The second-order valence-corrected chi connectivity index (χ2v) is 6.63. The Hall–Kier alpha value is -3.01. The molecule has 2 N–H and O–H groups in total. The first-order chi connectivity index (χ1) is 12.6. The first kappa shape index (κ1) is 17.8. The molecule has 0 radical (unpaired) electrons. The molecule has 4 nitrogen and oxygen atoms in total. The number of rotatable bonds is 7. The Kier molecular flexibility index (Phi) is 5.74. The molecule has 3 aromatic carbocycles. The highest BCUT2D eigenvalue weighted by Crippen LogP contribution is 2.25. The lowest BCUT2D eigenvalue weighted by molar-refractivity contribution is -0.114. The van der Waals surface area contributed by atoms with Crippen LogP contribution in [-0.4, -0.2) is 19.1 Å². The van der Waals surface area contributed by atoms with Gasteiger partial charge in [-0.05, 0) is 29.5 Å². The molecular weight excluding hydrogens is 324 g/mol. The van der Waals surface area contributed by atoms with Crippen molar-refractivity contribution in [3.63, 3.8) is 0 Å². The quantitative estimate of drug-likeness (QED) is 0.637. The van der Waals surface area contributed by atoms with Crippen molar-refractivity contribution in [1.29, 1.82) is 0 Å². The van der Waals surface area contributed by atoms with Crippen molar-refractivity contribution in [2.24, 2.45) is 5.92 Å². The Labute approximate surface area is 154 Å². The van der Waals surface area contributed by atoms with Crippen LogP contribution in [0.1, 0.15) is 13.8 Å². The van der Waals surface area contributed by atoms with E-state index in [1.165, 1.54) is 0 Å². The summed E-state index contributed by atoms with van der Waals surface area (Å²) < 4.78 is 5.81. The van der Waals surface area contributed by atoms with Crippen molar-refractivity contribution in [2.45, 2.75) is 13.8 Å². The summed E-state index contributed by atoms with van der Waals surface area (Å²) in [5.41, 5.74) is 1.64. The average Bonchev–Trinajstić information content (AvgIpc) is 2.65. The summed E-state index contributed by atoms with van der Waals surface area (Å²) >= 11 is 0. The lowest BCUT2D eigenvalue weighted by Crippen LogP contribution is -2.22. The SMILES string of the molecule is CC(C)COc1ccccc1NCC(=O)Nc1cccc2ccccc12. The molecule has 0 aliphatic carbocycles. The van der Waals surface area contributed by atoms with Crippen molar-refractivity contribution in [2.75, 3.05) is 23.8 Å². The van der Waals surface area contributed by atoms with Crippen LogP contribution in [0.4, 0.5) is 11.4 Å². The van der Waals surface area contributed by atoms with Crippen molar-refractivity contribution in [3.8, 4) is 5.75 Å². The summed E-state index contributed by atoms with van der Waals surface area (Å²) in [4.78, 5) is 12.4. The maximum atomic E-state index is 12.4. The smallest absolute Gasteiger partial charge is 0.243 e. The van der Waals surface area contributed by atoms with E-state index >= 15 is 0 Å². The number of carbonyl (C=O) groups excluding carboxylic acids is 1. The minimum atomic E-state index is -0.0972. The van der Waals surface area contributed by atoms with Crippen LogP contribution in [0, 0.1) is 5.92 Å². The van der Waals surface area contributed by atoms with Crippen LogP contribution in [0.2, 0.25) is 0 Å². The molecule has 0 aliphatic rings. The number of amides is 1. The fourth-order valence-electron chi connectivity index (χ4n) is 2.70. The van der Waals surface area contributed by atoms with Crippen LogP contribution < -0.4 is 15.4 Å². The molecule has 0 saturated heterocycles. The number of benzene rings is 3. The van der Waals surface area contributed by atoms with Crippen molar-refractivity contribution < 1.29 is 9.53 Å². The zero-order chi connectivity index (χ0) is 18.4. The number of hydrogen-bond acceptors (Lipinski definition) is 3. The van der Waals surface area contributed by atoms with Gasteiger partial charge in [0.05, 0.1) is 18.8 Å². The van der Waals surface area contributed by atoms with E-state index in [0.29, 0.717) is 12.5 Å². The highest BCUT2D eigenvalue weighted by Gasteiger charge is 2.08. The normalized spacial score (nSPS) is 10.7. The van der Waals surface area contributed by atoms with E-state index < -0.39 is 0 Å². The number of anilines is 2. The van der Waals surface area contributed by atoms with Gasteiger partial charge in [0, 0.05) is 11.1 Å². The molecule has 0 aromatic heterocycles. The topological polar surface area (TPSA) is 50.4 Å². The Balaban J connectivity index is 1.64. The Morgan fingerprint density at radius 2 is 1.62 bits per heavy atom. The third-order valence-electron chi connectivity index (χ3n) is 3.96. The van der Waals surface area contributed by atoms with Crippen molar-refractivity contribution >= 4 is 28.1 Å². The van der Waals surface area contributed by atoms with Gasteiger partial charge < -0.3 is 15.4 Å². The molecule has 0 unspecified atom stereocenters. The van der Waals surface area contributed by atoms with E-state index in [1.54, 1.807) is 0 Å². The van der Waals surface area contributed by atoms with E-state index in [4.69, 9.17) is 4.74 Å². The molecule has 26 heavy (non-hydrogen) atoms. The largest absolute Gasteiger partial charge is 0.491 e. The van der Waals surface area contributed by atoms with E-state index in [1.807, 2.05) is 66.7 Å². The molecule has 134 valence electrons. The molecule has 3 rings (SSSR count). The van der Waals surface area contributed by atoms with Gasteiger partial charge >= 0.3 is 0 Å². The zero-order valence-corrected chi connectivity index (χ0v) is 15.2. The summed E-state index contributed by atoms with van der Waals surface area (Å²) in [5, 5.41) is 8.28. The number of nitrogens with one attached hydrogen (secondary N) is 2. The molecule has 1 amide bonds. The molecule has 0 fully saturated rings. The average molecular weight is 348 g/mol. The summed E-state index contributed by atoms with van der Waals surface area (Å²) in [5.74, 6) is 1.11. The predicted molar refractivity (Wildman–Crippen MR) is 108 cm³/mol. The van der Waals surface area contributed by atoms with E-state index in [2.05, 4.69) is 24.5 Å². The molecule has 0 spiro atoms. The Morgan fingerprint density at radius 3 is 2.46 bits per heavy atom. The lowest BCUT2D eigenvalue weighted by atomic mass is 10.1. The fraction of sp³-hybridized carbons (Fsp3) is 0.227. The maximum Gasteiger partial charge on any atom is 0.243 e. The second kappa shape index (κ2) is 8.39. The molecular formula is C22H24N2O2. The summed E-state index contributed by atoms with van der Waals surface area (Å²) in [7, 11) is 0. The van der Waals surface area contributed by atoms with Gasteiger partial charge in [0.25, 0.3) is 0 Å². The molecule has 0 saturated carbocycles. The van der Waals surface area contributed by atoms with Gasteiger partial charge in [-0.3, -0.25) is 4.79 Å². The number of carbonyl (C=O) groups is 1. The van der Waals surface area contributed by atoms with E-state index in [9.17, 15) is 4.79 Å². The van der Waals surface area contributed by atoms with Gasteiger partial charge in [-0.1, -0.05) is 62.4 Å². The summed E-state index contributed by atoms with van der Waals surface area (Å²) in [6.45, 7) is 5.02. The monoisotopic (exact) mass is 348 g/mol. The van der Waals surface area contributed by atoms with E-state index in [-0.39, 0.29) is 12.5 Å². The van der Waals surface area contributed by atoms with Gasteiger partial charge in [0.15, 0.2) is 0 Å². The van der Waals surface area contributed by atoms with Crippen LogP contribution in [-0.2, 0) is 4.79 Å². The minimum Gasteiger partial charge on any atom is -0.491 e. The standard InChI is InChI=1S/C22H24N2O2/c1-16(2)15-26-21-13-6-5-11-20(21)23-14-22(25)24-19-12-7-9-17-8-3-4-10-18(17)19/h3-13,16,23H,14-15H2,1-2H3,(H,24,25). The first-order valence-corrected chi connectivity index (χ1v) is 8.87. The van der Waals surface area contributed by atoms with Gasteiger partial charge in [-0.2, -0.15) is 0 Å². The fourth-order valence-corrected chi connectivity index (χ4v) is 2.70. The number of hydrogen-bond donors (Lipinski definition) is 2. The number of para-hydroxylation sites is 2. The van der Waals surface area contributed by atoms with Gasteiger partial charge in [0.2, 0.25) is 5.91 Å². The van der Waals surface area contributed by atoms with Gasteiger partial charge in [-0.25, -0.2) is 0 Å². The molecule has 4 heteroatoms. The Morgan fingerprint density at radius 1 is 0.923 bits per heavy atom. The highest BCUT2D eigenvalue weighted by molar-refractivity contribution is 6.03. The Bertz CT molecular complexity index is 885. The highest BCUT2D eigenvalue weighted by atomic mass is 16.5. The molecule has 3 aromatic rings. The molecule has 0 heterocycles. The minimum absolute atomic E-state index is 0.0972. The molecule has 0 atom stereocenters. The van der Waals surface area contributed by atoms with Crippen molar-refractivity contribution in [3.05, 3.63) is 66.7 Å². The predicted octanol–water partition coefficient (Wildman–Crippen LogP) is 4.93. The summed E-state index contributed by atoms with van der Waals surface area (Å²) in [6.07, 6.45) is 0. The van der Waals surface area contributed by atoms with Crippen LogP contribution in [0.25, 0.3) is 10.8 Å². The van der Waals surface area contributed by atoms with E-state index in [0.717, 1.165) is 27.9 Å². The van der Waals surface area contributed by atoms with Gasteiger partial charge in [0.1, 0.15) is 5.75 Å². The number of ether oxygens (including phenoxy) is 1. The third kappa shape index (κ3) is 4.54. The van der Waals surface area contributed by atoms with Crippen LogP contribution in [0.5, 0.6) is 5.75 Å². The third-order valence-corrected chi connectivity index (χ3v) is 3.96. The summed E-state index contributed by atoms with van der Waals surface area (Å²) in [6, 6.07) is 21.6. The first-order valence-electron chi connectivity index (χ1n) is 8.87. The van der Waals surface area contributed by atoms with Crippen LogP contribution in [0.3, 0.4) is 0 Å². The van der Waals surface area contributed by atoms with Crippen LogP contribution >= 0.6 is 0 Å². The second-order valence-electron chi connectivity index (χ2n) is 6.63. The van der Waals surface area contributed by atoms with Gasteiger partial charge in [-0.15, -0.1) is 0 Å². The molecule has 0 bridgehead atoms. The number of fused-ring (bicyclic) bond motifs is 1. The lowest BCUT2D eigenvalue weighted by Gasteiger charge is -2.15. The van der Waals surface area contributed by atoms with Crippen LogP contribution in [0.15, 0.2) is 66.7 Å². The maximum absolute atomic E-state index is 12.4. The molecule has 0 aliphatic heterocycles. The van der Waals surface area contributed by atoms with Crippen molar-refractivity contribution in [1.82, 2.24) is 0 Å². The zero-order valence-electron chi connectivity index (χ0n) is 15.2.